The maximum Gasteiger partial charge on any atom is 0.234 e. The third-order valence-electron chi connectivity index (χ3n) is 4.05. The van der Waals surface area contributed by atoms with E-state index >= 15 is 0 Å². The van der Waals surface area contributed by atoms with Crippen molar-refractivity contribution < 1.29 is 9.47 Å². The van der Waals surface area contributed by atoms with E-state index in [1.165, 1.54) is 6.42 Å². The van der Waals surface area contributed by atoms with Crippen LogP contribution in [0.1, 0.15) is 18.4 Å². The van der Waals surface area contributed by atoms with Crippen LogP contribution >= 0.6 is 11.6 Å². The van der Waals surface area contributed by atoms with Gasteiger partial charge in [-0.05, 0) is 36.5 Å². The fraction of sp³-hybridized carbons (Fsp3) is 0.444. The van der Waals surface area contributed by atoms with Crippen LogP contribution in [-0.4, -0.2) is 36.8 Å². The first-order valence-corrected chi connectivity index (χ1v) is 8.56. The molecule has 0 spiro atoms. The van der Waals surface area contributed by atoms with Crippen molar-refractivity contribution >= 4 is 17.4 Å². The van der Waals surface area contributed by atoms with Gasteiger partial charge in [0.25, 0.3) is 0 Å². The minimum atomic E-state index is 0.416. The van der Waals surface area contributed by atoms with E-state index in [0.717, 1.165) is 37.6 Å². The quantitative estimate of drug-likeness (QED) is 0.799. The summed E-state index contributed by atoms with van der Waals surface area (Å²) in [4.78, 5) is 10.9. The van der Waals surface area contributed by atoms with Crippen molar-refractivity contribution in [3.63, 3.8) is 0 Å². The molecule has 24 heavy (non-hydrogen) atoms. The van der Waals surface area contributed by atoms with Crippen molar-refractivity contribution in [1.29, 1.82) is 0 Å². The molecular weight excluding hydrogens is 326 g/mol. The second-order valence-corrected chi connectivity index (χ2v) is 6.53. The highest BCUT2D eigenvalue weighted by Crippen LogP contribution is 2.19. The highest BCUT2D eigenvalue weighted by atomic mass is 35.5. The summed E-state index contributed by atoms with van der Waals surface area (Å²) in [5.74, 6) is 1.87. The maximum absolute atomic E-state index is 5.99. The van der Waals surface area contributed by atoms with Crippen LogP contribution in [0.25, 0.3) is 0 Å². The van der Waals surface area contributed by atoms with Gasteiger partial charge in [-0.2, -0.15) is 4.98 Å². The monoisotopic (exact) mass is 347 g/mol. The van der Waals surface area contributed by atoms with Gasteiger partial charge in [-0.3, -0.25) is 4.98 Å². The number of anilines is 1. The molecule has 0 N–H and O–H groups in total. The van der Waals surface area contributed by atoms with Crippen molar-refractivity contribution in [3.05, 3.63) is 47.2 Å². The van der Waals surface area contributed by atoms with E-state index in [-0.39, 0.29) is 0 Å². The second kappa shape index (κ2) is 8.31. The number of nitrogens with zero attached hydrogens (tertiary/aromatic N) is 3. The molecule has 3 rings (SSSR count). The van der Waals surface area contributed by atoms with Crippen molar-refractivity contribution in [1.82, 2.24) is 9.97 Å². The number of benzene rings is 1. The van der Waals surface area contributed by atoms with Gasteiger partial charge in [-0.15, -0.1) is 0 Å². The average molecular weight is 348 g/mol. The average Bonchev–Trinajstić information content (AvgIpc) is 2.61. The summed E-state index contributed by atoms with van der Waals surface area (Å²) in [7, 11) is 2.03. The van der Waals surface area contributed by atoms with Crippen LogP contribution in [0, 0.1) is 5.92 Å². The Hall–Kier alpha value is -1.85. The van der Waals surface area contributed by atoms with Gasteiger partial charge in [0.15, 0.2) is 5.82 Å². The molecule has 1 atom stereocenters. The molecule has 1 aromatic carbocycles. The highest BCUT2D eigenvalue weighted by Gasteiger charge is 2.17. The summed E-state index contributed by atoms with van der Waals surface area (Å²) in [6, 6.07) is 7.60. The molecule has 5 nitrogen and oxygen atoms in total. The van der Waals surface area contributed by atoms with Gasteiger partial charge < -0.3 is 14.4 Å². The van der Waals surface area contributed by atoms with Crippen LogP contribution < -0.4 is 9.64 Å². The van der Waals surface area contributed by atoms with Crippen LogP contribution in [0.15, 0.2) is 36.7 Å². The predicted molar refractivity (Wildman–Crippen MR) is 94.6 cm³/mol. The molecule has 1 saturated heterocycles. The maximum atomic E-state index is 5.99. The molecule has 128 valence electrons. The Morgan fingerprint density at radius 1 is 1.38 bits per heavy atom. The van der Waals surface area contributed by atoms with Gasteiger partial charge in [0.05, 0.1) is 19.0 Å². The number of rotatable bonds is 6. The van der Waals surface area contributed by atoms with E-state index in [4.69, 9.17) is 21.1 Å². The van der Waals surface area contributed by atoms with Gasteiger partial charge in [0.1, 0.15) is 6.61 Å². The normalized spacial score (nSPS) is 17.5. The molecule has 1 aromatic heterocycles. The minimum absolute atomic E-state index is 0.416. The Labute approximate surface area is 147 Å². The molecule has 0 radical (unpaired) electrons. The zero-order valence-electron chi connectivity index (χ0n) is 13.8. The van der Waals surface area contributed by atoms with Crippen LogP contribution in [0.4, 0.5) is 5.82 Å². The third kappa shape index (κ3) is 4.82. The Morgan fingerprint density at radius 2 is 2.29 bits per heavy atom. The summed E-state index contributed by atoms with van der Waals surface area (Å²) in [5.41, 5.74) is 1.00. The molecule has 0 amide bonds. The standard InChI is InChI=1S/C18H22ClN3O2/c1-22(11-15-5-3-7-23-12-15)17-9-20-10-18(21-17)24-13-14-4-2-6-16(19)8-14/h2,4,6,8-10,15H,3,5,7,11-13H2,1H3. The fourth-order valence-corrected chi connectivity index (χ4v) is 3.02. The number of aromatic nitrogens is 2. The molecule has 2 heterocycles. The highest BCUT2D eigenvalue weighted by molar-refractivity contribution is 6.30. The van der Waals surface area contributed by atoms with E-state index in [1.807, 2.05) is 31.3 Å². The molecule has 1 aliphatic rings. The molecule has 6 heteroatoms. The summed E-state index contributed by atoms with van der Waals surface area (Å²) in [6.45, 7) is 3.03. The Balaban J connectivity index is 1.58. The van der Waals surface area contributed by atoms with Crippen molar-refractivity contribution in [2.24, 2.45) is 5.92 Å². The summed E-state index contributed by atoms with van der Waals surface area (Å²) in [5, 5.41) is 0.699. The zero-order valence-corrected chi connectivity index (χ0v) is 14.6. The summed E-state index contributed by atoms with van der Waals surface area (Å²) < 4.78 is 11.3. The summed E-state index contributed by atoms with van der Waals surface area (Å²) >= 11 is 5.99. The lowest BCUT2D eigenvalue weighted by Crippen LogP contribution is -2.31. The number of halogens is 1. The van der Waals surface area contributed by atoms with E-state index in [0.29, 0.717) is 23.4 Å². The molecule has 0 bridgehead atoms. The third-order valence-corrected chi connectivity index (χ3v) is 4.29. The lowest BCUT2D eigenvalue weighted by atomic mass is 10.0. The van der Waals surface area contributed by atoms with Gasteiger partial charge in [0.2, 0.25) is 5.88 Å². The van der Waals surface area contributed by atoms with Crippen molar-refractivity contribution in [2.75, 3.05) is 31.7 Å². The van der Waals surface area contributed by atoms with Crippen molar-refractivity contribution in [3.8, 4) is 5.88 Å². The predicted octanol–water partition coefficient (Wildman–Crippen LogP) is 3.57. The van der Waals surface area contributed by atoms with E-state index in [1.54, 1.807) is 12.4 Å². The molecule has 2 aromatic rings. The number of hydrogen-bond acceptors (Lipinski definition) is 5. The zero-order chi connectivity index (χ0) is 16.8. The first-order chi connectivity index (χ1) is 11.7. The number of hydrogen-bond donors (Lipinski definition) is 0. The van der Waals surface area contributed by atoms with Gasteiger partial charge >= 0.3 is 0 Å². The molecule has 1 fully saturated rings. The molecular formula is C18H22ClN3O2. The van der Waals surface area contributed by atoms with Crippen LogP contribution in [0.2, 0.25) is 5.02 Å². The number of ether oxygens (including phenoxy) is 2. The van der Waals surface area contributed by atoms with Crippen LogP contribution in [0.5, 0.6) is 5.88 Å². The molecule has 1 unspecified atom stereocenters. The topological polar surface area (TPSA) is 47.5 Å². The van der Waals surface area contributed by atoms with Crippen LogP contribution in [-0.2, 0) is 11.3 Å². The smallest absolute Gasteiger partial charge is 0.234 e. The van der Waals surface area contributed by atoms with Crippen molar-refractivity contribution in [2.45, 2.75) is 19.4 Å². The van der Waals surface area contributed by atoms with Crippen LogP contribution in [0.3, 0.4) is 0 Å². The molecule has 1 aliphatic heterocycles. The lowest BCUT2D eigenvalue weighted by Gasteiger charge is -2.27. The first-order valence-electron chi connectivity index (χ1n) is 8.19. The van der Waals surface area contributed by atoms with Gasteiger partial charge in [-0.25, -0.2) is 0 Å². The minimum Gasteiger partial charge on any atom is -0.472 e. The Kier molecular flexibility index (Phi) is 5.88. The Bertz CT molecular complexity index is 662. The summed E-state index contributed by atoms with van der Waals surface area (Å²) in [6.07, 6.45) is 5.72. The SMILES string of the molecule is CN(CC1CCCOC1)c1cncc(OCc2cccc(Cl)c2)n1. The van der Waals surface area contributed by atoms with E-state index in [9.17, 15) is 0 Å². The first kappa shape index (κ1) is 17.0. The molecule has 0 saturated carbocycles. The van der Waals surface area contributed by atoms with E-state index in [2.05, 4.69) is 14.9 Å². The second-order valence-electron chi connectivity index (χ2n) is 6.10. The largest absolute Gasteiger partial charge is 0.472 e. The fourth-order valence-electron chi connectivity index (χ4n) is 2.81. The van der Waals surface area contributed by atoms with Gasteiger partial charge in [-0.1, -0.05) is 23.7 Å². The Morgan fingerprint density at radius 3 is 3.08 bits per heavy atom. The lowest BCUT2D eigenvalue weighted by molar-refractivity contribution is 0.0576. The van der Waals surface area contributed by atoms with E-state index < -0.39 is 0 Å². The molecule has 0 aliphatic carbocycles. The van der Waals surface area contributed by atoms with Gasteiger partial charge in [0, 0.05) is 25.2 Å².